The first kappa shape index (κ1) is 15.3. The summed E-state index contributed by atoms with van der Waals surface area (Å²) >= 11 is 0. The molecule has 0 radical (unpaired) electrons. The van der Waals surface area contributed by atoms with Crippen molar-refractivity contribution in [2.75, 3.05) is 0 Å². The van der Waals surface area contributed by atoms with Crippen molar-refractivity contribution in [3.63, 3.8) is 0 Å². The van der Waals surface area contributed by atoms with E-state index in [4.69, 9.17) is 0 Å². The molecule has 1 N–H and O–H groups in total. The Bertz CT molecular complexity index is 361. The van der Waals surface area contributed by atoms with Crippen LogP contribution in [0.1, 0.15) is 65.7 Å². The zero-order valence-electron chi connectivity index (χ0n) is 13.0. The fraction of sp³-hybridized carbons (Fsp3) is 0.875. The second-order valence-corrected chi connectivity index (χ2v) is 6.53. The molecule has 4 heteroatoms. The number of hydrogen-bond acceptors (Lipinski definition) is 2. The van der Waals surface area contributed by atoms with Crippen LogP contribution in [0.2, 0.25) is 0 Å². The molecule has 1 aliphatic heterocycles. The zero-order chi connectivity index (χ0) is 14.7. The Labute approximate surface area is 122 Å². The van der Waals surface area contributed by atoms with Crippen molar-refractivity contribution in [2.45, 2.75) is 83.8 Å². The zero-order valence-corrected chi connectivity index (χ0v) is 13.0. The number of nitrogens with zero attached hydrogens (tertiary/aromatic N) is 1. The minimum Gasteiger partial charge on any atom is -0.342 e. The van der Waals surface area contributed by atoms with Gasteiger partial charge in [-0.25, -0.2) is 0 Å². The van der Waals surface area contributed by atoms with Crippen LogP contribution < -0.4 is 5.32 Å². The van der Waals surface area contributed by atoms with Gasteiger partial charge in [-0.15, -0.1) is 0 Å². The van der Waals surface area contributed by atoms with E-state index >= 15 is 0 Å². The molecule has 1 heterocycles. The van der Waals surface area contributed by atoms with Crippen LogP contribution >= 0.6 is 0 Å². The van der Waals surface area contributed by atoms with Crippen LogP contribution in [0.5, 0.6) is 0 Å². The monoisotopic (exact) mass is 280 g/mol. The van der Waals surface area contributed by atoms with Crippen LogP contribution in [-0.4, -0.2) is 34.8 Å². The van der Waals surface area contributed by atoms with Gasteiger partial charge in [-0.05, 0) is 39.0 Å². The van der Waals surface area contributed by atoms with Crippen LogP contribution in [0.3, 0.4) is 0 Å². The molecule has 0 aromatic rings. The van der Waals surface area contributed by atoms with Crippen LogP contribution in [0, 0.1) is 5.92 Å². The molecule has 0 aromatic heterocycles. The summed E-state index contributed by atoms with van der Waals surface area (Å²) in [6.07, 6.45) is 7.45. The normalized spacial score (nSPS) is 28.9. The first-order valence-electron chi connectivity index (χ1n) is 8.18. The van der Waals surface area contributed by atoms with Gasteiger partial charge in [0, 0.05) is 6.04 Å². The molecule has 20 heavy (non-hydrogen) atoms. The molecule has 114 valence electrons. The minimum atomic E-state index is -0.279. The number of hydrogen-bond donors (Lipinski definition) is 1. The van der Waals surface area contributed by atoms with Crippen molar-refractivity contribution in [3.05, 3.63) is 0 Å². The van der Waals surface area contributed by atoms with E-state index < -0.39 is 0 Å². The minimum absolute atomic E-state index is 0.0516. The van der Waals surface area contributed by atoms with E-state index in [1.54, 1.807) is 0 Å². The summed E-state index contributed by atoms with van der Waals surface area (Å²) in [6.45, 7) is 6.08. The van der Waals surface area contributed by atoms with Crippen molar-refractivity contribution in [1.82, 2.24) is 10.2 Å². The van der Waals surface area contributed by atoms with Gasteiger partial charge in [-0.2, -0.15) is 0 Å². The Kier molecular flexibility index (Phi) is 5.06. The summed E-state index contributed by atoms with van der Waals surface area (Å²) in [4.78, 5) is 27.0. The van der Waals surface area contributed by atoms with Gasteiger partial charge >= 0.3 is 0 Å². The molecular formula is C16H28N2O2. The van der Waals surface area contributed by atoms with E-state index in [2.05, 4.69) is 12.2 Å². The van der Waals surface area contributed by atoms with Gasteiger partial charge in [0.15, 0.2) is 0 Å². The lowest BCUT2D eigenvalue weighted by Crippen LogP contribution is -2.66. The average Bonchev–Trinajstić information content (AvgIpc) is 2.43. The van der Waals surface area contributed by atoms with Crippen molar-refractivity contribution in [1.29, 1.82) is 0 Å². The molecule has 2 amide bonds. The number of rotatable bonds is 4. The summed E-state index contributed by atoms with van der Waals surface area (Å²) in [5.41, 5.74) is 0. The first-order valence-corrected chi connectivity index (χ1v) is 8.18. The van der Waals surface area contributed by atoms with Crippen LogP contribution in [-0.2, 0) is 9.59 Å². The van der Waals surface area contributed by atoms with Crippen molar-refractivity contribution in [3.8, 4) is 0 Å². The molecule has 0 aromatic carbocycles. The lowest BCUT2D eigenvalue weighted by Gasteiger charge is -2.44. The maximum Gasteiger partial charge on any atom is 0.246 e. The highest BCUT2D eigenvalue weighted by Crippen LogP contribution is 2.30. The Morgan fingerprint density at radius 1 is 1.20 bits per heavy atom. The van der Waals surface area contributed by atoms with E-state index in [-0.39, 0.29) is 29.9 Å². The van der Waals surface area contributed by atoms with Crippen LogP contribution in [0.25, 0.3) is 0 Å². The molecule has 0 bridgehead atoms. The predicted molar refractivity (Wildman–Crippen MR) is 79.2 cm³/mol. The van der Waals surface area contributed by atoms with Gasteiger partial charge in [0.1, 0.15) is 12.1 Å². The lowest BCUT2D eigenvalue weighted by molar-refractivity contribution is -0.153. The number of nitrogens with one attached hydrogen (secondary N) is 1. The van der Waals surface area contributed by atoms with E-state index in [0.717, 1.165) is 25.7 Å². The number of carbonyl (C=O) groups excluding carboxylic acids is 2. The highest BCUT2D eigenvalue weighted by Gasteiger charge is 2.44. The van der Waals surface area contributed by atoms with E-state index in [0.29, 0.717) is 5.92 Å². The molecule has 2 atom stereocenters. The van der Waals surface area contributed by atoms with Gasteiger partial charge < -0.3 is 10.2 Å². The third-order valence-corrected chi connectivity index (χ3v) is 4.70. The van der Waals surface area contributed by atoms with Crippen LogP contribution in [0.4, 0.5) is 0 Å². The standard InChI is InChI=1S/C16H28N2O2/c1-4-8-13-15(19)17-14(12-9-6-5-7-10-12)16(20)18(13)11(2)3/h11-14H,4-10H2,1-3H3,(H,17,19). The number of carbonyl (C=O) groups is 2. The van der Waals surface area contributed by atoms with Gasteiger partial charge in [0.2, 0.25) is 11.8 Å². The molecule has 1 aliphatic carbocycles. The molecule has 2 unspecified atom stereocenters. The maximum atomic E-state index is 12.8. The molecule has 1 saturated carbocycles. The average molecular weight is 280 g/mol. The topological polar surface area (TPSA) is 49.4 Å². The molecule has 4 nitrogen and oxygen atoms in total. The Hall–Kier alpha value is -1.06. The molecule has 1 saturated heterocycles. The molecule has 2 rings (SSSR count). The number of amides is 2. The van der Waals surface area contributed by atoms with Gasteiger partial charge in [-0.1, -0.05) is 32.6 Å². The molecule has 2 aliphatic rings. The Morgan fingerprint density at radius 2 is 1.85 bits per heavy atom. The summed E-state index contributed by atoms with van der Waals surface area (Å²) in [5.74, 6) is 0.532. The lowest BCUT2D eigenvalue weighted by atomic mass is 9.81. The summed E-state index contributed by atoms with van der Waals surface area (Å²) in [6, 6.07) is -0.457. The second-order valence-electron chi connectivity index (χ2n) is 6.53. The van der Waals surface area contributed by atoms with Crippen LogP contribution in [0.15, 0.2) is 0 Å². The Morgan fingerprint density at radius 3 is 2.40 bits per heavy atom. The van der Waals surface area contributed by atoms with Crippen molar-refractivity contribution < 1.29 is 9.59 Å². The Balaban J connectivity index is 2.17. The van der Waals surface area contributed by atoms with E-state index in [1.165, 1.54) is 19.3 Å². The highest BCUT2D eigenvalue weighted by molar-refractivity contribution is 5.97. The summed E-state index contributed by atoms with van der Waals surface area (Å²) < 4.78 is 0. The predicted octanol–water partition coefficient (Wildman–Crippen LogP) is 2.47. The van der Waals surface area contributed by atoms with Gasteiger partial charge in [0.25, 0.3) is 0 Å². The van der Waals surface area contributed by atoms with Gasteiger partial charge in [-0.3, -0.25) is 9.59 Å². The maximum absolute atomic E-state index is 12.8. The number of piperazine rings is 1. The highest BCUT2D eigenvalue weighted by atomic mass is 16.2. The SMILES string of the molecule is CCCC1C(=O)NC(C2CCCCC2)C(=O)N1C(C)C. The third-order valence-electron chi connectivity index (χ3n) is 4.70. The van der Waals surface area contributed by atoms with Crippen molar-refractivity contribution >= 4 is 11.8 Å². The van der Waals surface area contributed by atoms with Crippen molar-refractivity contribution in [2.24, 2.45) is 5.92 Å². The van der Waals surface area contributed by atoms with E-state index in [1.807, 2.05) is 18.7 Å². The molecule has 2 fully saturated rings. The molecule has 0 spiro atoms. The fourth-order valence-electron chi connectivity index (χ4n) is 3.70. The first-order chi connectivity index (χ1) is 9.56. The fourth-order valence-corrected chi connectivity index (χ4v) is 3.70. The molecular weight excluding hydrogens is 252 g/mol. The van der Waals surface area contributed by atoms with E-state index in [9.17, 15) is 9.59 Å². The summed E-state index contributed by atoms with van der Waals surface area (Å²) in [7, 11) is 0. The third kappa shape index (κ3) is 2.99. The summed E-state index contributed by atoms with van der Waals surface area (Å²) in [5, 5.41) is 3.03. The van der Waals surface area contributed by atoms with Gasteiger partial charge in [0.05, 0.1) is 0 Å². The second kappa shape index (κ2) is 6.59. The largest absolute Gasteiger partial charge is 0.342 e. The quantitative estimate of drug-likeness (QED) is 0.860. The smallest absolute Gasteiger partial charge is 0.246 e.